The van der Waals surface area contributed by atoms with E-state index in [9.17, 15) is 14.7 Å². The summed E-state index contributed by atoms with van der Waals surface area (Å²) in [5, 5.41) is 15.5. The van der Waals surface area contributed by atoms with Gasteiger partial charge in [-0.2, -0.15) is 5.10 Å². The molecule has 0 spiro atoms. The zero-order chi connectivity index (χ0) is 15.1. The number of hydrogen-bond donors (Lipinski definition) is 3. The van der Waals surface area contributed by atoms with Crippen molar-refractivity contribution in [2.75, 3.05) is 7.11 Å². The molecule has 0 fully saturated rings. The summed E-state index contributed by atoms with van der Waals surface area (Å²) in [5.41, 5.74) is 2.70. The van der Waals surface area contributed by atoms with Gasteiger partial charge in [0.2, 0.25) is 0 Å². The molecule has 7 heteroatoms. The van der Waals surface area contributed by atoms with Crippen molar-refractivity contribution in [1.82, 2.24) is 10.7 Å². The summed E-state index contributed by atoms with van der Waals surface area (Å²) in [6.07, 6.45) is 1.34. The first-order valence-electron chi connectivity index (χ1n) is 5.95. The number of carbonyl (C=O) groups excluding carboxylic acids is 2. The Hall–Kier alpha value is -2.57. The Bertz CT molecular complexity index is 526. The van der Waals surface area contributed by atoms with Crippen molar-refractivity contribution in [2.45, 2.75) is 19.9 Å². The number of phenolic OH excluding ortho intramolecular Hbond substituents is 1. The Morgan fingerprint density at radius 2 is 2.05 bits per heavy atom. The molecule has 3 N–H and O–H groups in total. The summed E-state index contributed by atoms with van der Waals surface area (Å²) in [6, 6.07) is 4.44. The van der Waals surface area contributed by atoms with Crippen molar-refractivity contribution in [2.24, 2.45) is 5.10 Å². The molecule has 0 bridgehead atoms. The zero-order valence-corrected chi connectivity index (χ0v) is 11.5. The minimum absolute atomic E-state index is 0.00463. The number of aromatic hydroxyl groups is 1. The number of amides is 2. The molecule has 7 nitrogen and oxygen atoms in total. The van der Waals surface area contributed by atoms with E-state index in [-0.39, 0.29) is 17.5 Å². The summed E-state index contributed by atoms with van der Waals surface area (Å²) < 4.78 is 4.93. The number of carbonyl (C=O) groups is 2. The zero-order valence-electron chi connectivity index (χ0n) is 11.5. The van der Waals surface area contributed by atoms with Crippen LogP contribution in [0.4, 0.5) is 0 Å². The van der Waals surface area contributed by atoms with E-state index in [0.717, 1.165) is 0 Å². The average molecular weight is 279 g/mol. The van der Waals surface area contributed by atoms with Crippen molar-refractivity contribution in [3.63, 3.8) is 0 Å². The molecule has 108 valence electrons. The second-order valence-electron chi connectivity index (χ2n) is 4.26. The maximum absolute atomic E-state index is 11.3. The van der Waals surface area contributed by atoms with Gasteiger partial charge in [0.05, 0.1) is 13.3 Å². The van der Waals surface area contributed by atoms with Crippen molar-refractivity contribution < 1.29 is 19.4 Å². The molecule has 0 aliphatic carbocycles. The molecular formula is C13H17N3O4. The van der Waals surface area contributed by atoms with Crippen molar-refractivity contribution in [1.29, 1.82) is 0 Å². The largest absolute Gasteiger partial charge is 0.504 e. The number of hydrogen-bond acceptors (Lipinski definition) is 5. The second-order valence-corrected chi connectivity index (χ2v) is 4.26. The molecule has 0 aliphatic heterocycles. The monoisotopic (exact) mass is 279 g/mol. The number of methoxy groups -OCH3 is 1. The maximum Gasteiger partial charge on any atom is 0.329 e. The number of phenols is 1. The Labute approximate surface area is 116 Å². The molecule has 0 saturated carbocycles. The molecule has 0 aromatic heterocycles. The molecule has 20 heavy (non-hydrogen) atoms. The summed E-state index contributed by atoms with van der Waals surface area (Å²) in [5.74, 6) is -1.30. The molecule has 0 aliphatic rings. The van der Waals surface area contributed by atoms with E-state index in [0.29, 0.717) is 5.56 Å². The van der Waals surface area contributed by atoms with Gasteiger partial charge in [0.25, 0.3) is 0 Å². The predicted molar refractivity (Wildman–Crippen MR) is 73.7 cm³/mol. The molecule has 0 unspecified atom stereocenters. The fraction of sp³-hybridized carbons (Fsp3) is 0.308. The van der Waals surface area contributed by atoms with E-state index in [1.807, 2.05) is 0 Å². The molecule has 1 aromatic rings. The van der Waals surface area contributed by atoms with Crippen LogP contribution in [0, 0.1) is 0 Å². The first kappa shape index (κ1) is 15.5. The second kappa shape index (κ2) is 7.13. The highest BCUT2D eigenvalue weighted by Gasteiger charge is 2.12. The molecule has 0 atom stereocenters. The number of rotatable bonds is 4. The number of hydrazone groups is 1. The van der Waals surface area contributed by atoms with Crippen molar-refractivity contribution in [3.05, 3.63) is 23.8 Å². The standard InChI is InChI=1S/C13H17N3O4/c1-8(2)15-12(18)13(19)16-14-7-9-4-5-10(17)11(6-9)20-3/h4-8,17H,1-3H3,(H,15,18)(H,16,19)/b14-7+. The van der Waals surface area contributed by atoms with Crippen LogP contribution in [0.3, 0.4) is 0 Å². The van der Waals surface area contributed by atoms with Gasteiger partial charge in [-0.25, -0.2) is 5.43 Å². The van der Waals surface area contributed by atoms with Gasteiger partial charge in [0, 0.05) is 6.04 Å². The Morgan fingerprint density at radius 1 is 1.35 bits per heavy atom. The van der Waals surface area contributed by atoms with Crippen LogP contribution in [-0.2, 0) is 9.59 Å². The van der Waals surface area contributed by atoms with E-state index in [1.54, 1.807) is 26.0 Å². The maximum atomic E-state index is 11.3. The highest BCUT2D eigenvalue weighted by molar-refractivity contribution is 6.35. The average Bonchev–Trinajstić information content (AvgIpc) is 2.39. The minimum atomic E-state index is -0.847. The van der Waals surface area contributed by atoms with Crippen LogP contribution in [0.2, 0.25) is 0 Å². The molecule has 1 rings (SSSR count). The molecule has 1 aromatic carbocycles. The molecule has 0 heterocycles. The quantitative estimate of drug-likeness (QED) is 0.421. The lowest BCUT2D eigenvalue weighted by molar-refractivity contribution is -0.139. The molecule has 0 saturated heterocycles. The highest BCUT2D eigenvalue weighted by Crippen LogP contribution is 2.25. The first-order valence-corrected chi connectivity index (χ1v) is 5.95. The van der Waals surface area contributed by atoms with E-state index in [1.165, 1.54) is 19.4 Å². The van der Waals surface area contributed by atoms with Gasteiger partial charge in [0.15, 0.2) is 11.5 Å². The van der Waals surface area contributed by atoms with Gasteiger partial charge in [0.1, 0.15) is 0 Å². The van der Waals surface area contributed by atoms with Crippen LogP contribution in [0.25, 0.3) is 0 Å². The lowest BCUT2D eigenvalue weighted by Gasteiger charge is -2.06. The normalized spacial score (nSPS) is 10.6. The highest BCUT2D eigenvalue weighted by atomic mass is 16.5. The summed E-state index contributed by atoms with van der Waals surface area (Å²) in [4.78, 5) is 22.6. The van der Waals surface area contributed by atoms with Crippen LogP contribution in [0.5, 0.6) is 11.5 Å². The van der Waals surface area contributed by atoms with Gasteiger partial charge in [-0.05, 0) is 37.6 Å². The summed E-state index contributed by atoms with van der Waals surface area (Å²) >= 11 is 0. The van der Waals surface area contributed by atoms with Crippen LogP contribution < -0.4 is 15.5 Å². The third-order valence-corrected chi connectivity index (χ3v) is 2.21. The first-order chi connectivity index (χ1) is 9.43. The lowest BCUT2D eigenvalue weighted by atomic mass is 10.2. The number of benzene rings is 1. The van der Waals surface area contributed by atoms with Gasteiger partial charge >= 0.3 is 11.8 Å². The topological polar surface area (TPSA) is 100 Å². The van der Waals surface area contributed by atoms with Gasteiger partial charge in [-0.15, -0.1) is 0 Å². The van der Waals surface area contributed by atoms with Crippen LogP contribution in [-0.4, -0.2) is 36.3 Å². The van der Waals surface area contributed by atoms with Gasteiger partial charge in [-0.3, -0.25) is 9.59 Å². The Morgan fingerprint density at radius 3 is 2.65 bits per heavy atom. The van der Waals surface area contributed by atoms with E-state index < -0.39 is 11.8 Å². The fourth-order valence-electron chi connectivity index (χ4n) is 1.32. The van der Waals surface area contributed by atoms with Gasteiger partial charge in [-0.1, -0.05) is 0 Å². The van der Waals surface area contributed by atoms with Crippen LogP contribution >= 0.6 is 0 Å². The molecule has 0 radical (unpaired) electrons. The fourth-order valence-corrected chi connectivity index (χ4v) is 1.32. The smallest absolute Gasteiger partial charge is 0.329 e. The SMILES string of the molecule is COc1cc(/C=N/NC(=O)C(=O)NC(C)C)ccc1O. The summed E-state index contributed by atoms with van der Waals surface area (Å²) in [7, 11) is 1.42. The molecule has 2 amide bonds. The number of ether oxygens (including phenoxy) is 1. The molecular weight excluding hydrogens is 262 g/mol. The Balaban J connectivity index is 2.61. The number of nitrogens with one attached hydrogen (secondary N) is 2. The lowest BCUT2D eigenvalue weighted by Crippen LogP contribution is -2.41. The Kier molecular flexibility index (Phi) is 5.52. The van der Waals surface area contributed by atoms with Crippen molar-refractivity contribution >= 4 is 18.0 Å². The van der Waals surface area contributed by atoms with E-state index in [2.05, 4.69) is 15.8 Å². The van der Waals surface area contributed by atoms with Crippen LogP contribution in [0.1, 0.15) is 19.4 Å². The summed E-state index contributed by atoms with van der Waals surface area (Å²) in [6.45, 7) is 3.49. The number of nitrogens with zero attached hydrogens (tertiary/aromatic N) is 1. The van der Waals surface area contributed by atoms with E-state index >= 15 is 0 Å². The van der Waals surface area contributed by atoms with Crippen LogP contribution in [0.15, 0.2) is 23.3 Å². The third-order valence-electron chi connectivity index (χ3n) is 2.21. The van der Waals surface area contributed by atoms with Gasteiger partial charge < -0.3 is 15.2 Å². The van der Waals surface area contributed by atoms with E-state index in [4.69, 9.17) is 4.74 Å². The van der Waals surface area contributed by atoms with Crippen molar-refractivity contribution in [3.8, 4) is 11.5 Å². The third kappa shape index (κ3) is 4.60. The predicted octanol–water partition coefficient (Wildman–Crippen LogP) is 0.375. The minimum Gasteiger partial charge on any atom is -0.504 e.